The first-order valence-electron chi connectivity index (χ1n) is 7.69. The maximum Gasteiger partial charge on any atom is 0.415 e. The number of carbonyl (C=O) groups excluding carboxylic acids is 2. The molecule has 0 bridgehead atoms. The summed E-state index contributed by atoms with van der Waals surface area (Å²) in [7, 11) is 0. The number of anilines is 1. The van der Waals surface area contributed by atoms with Crippen molar-refractivity contribution in [1.82, 2.24) is 9.88 Å². The summed E-state index contributed by atoms with van der Waals surface area (Å²) in [6.07, 6.45) is 0.989. The van der Waals surface area contributed by atoms with Crippen LogP contribution in [0.4, 0.5) is 10.5 Å². The number of benzene rings is 1. The van der Waals surface area contributed by atoms with Gasteiger partial charge in [-0.2, -0.15) is 0 Å². The van der Waals surface area contributed by atoms with Crippen molar-refractivity contribution < 1.29 is 19.1 Å². The summed E-state index contributed by atoms with van der Waals surface area (Å²) in [5.41, 5.74) is 0.971. The number of halogens is 1. The molecule has 2 aromatic rings. The van der Waals surface area contributed by atoms with Crippen LogP contribution in [-0.2, 0) is 4.74 Å². The summed E-state index contributed by atoms with van der Waals surface area (Å²) in [4.78, 5) is 29.6. The Morgan fingerprint density at radius 3 is 2.48 bits per heavy atom. The first kappa shape index (κ1) is 17.2. The number of amides is 2. The van der Waals surface area contributed by atoms with E-state index in [1.807, 2.05) is 0 Å². The minimum atomic E-state index is -0.410. The van der Waals surface area contributed by atoms with Gasteiger partial charge in [0.05, 0.1) is 18.8 Å². The predicted octanol–water partition coefficient (Wildman–Crippen LogP) is 2.82. The van der Waals surface area contributed by atoms with E-state index in [9.17, 15) is 9.59 Å². The van der Waals surface area contributed by atoms with E-state index in [0.717, 1.165) is 0 Å². The molecule has 0 radical (unpaired) electrons. The number of hydrogen-bond acceptors (Lipinski definition) is 5. The molecular formula is C17H16ClN3O4. The molecule has 0 saturated carbocycles. The fraction of sp³-hybridized carbons (Fsp3) is 0.235. The van der Waals surface area contributed by atoms with Gasteiger partial charge >= 0.3 is 6.09 Å². The molecule has 0 atom stereocenters. The highest BCUT2D eigenvalue weighted by Gasteiger charge is 2.18. The highest BCUT2D eigenvalue weighted by Crippen LogP contribution is 2.18. The zero-order valence-corrected chi connectivity index (χ0v) is 14.0. The molecule has 1 aliphatic rings. The smallest absolute Gasteiger partial charge is 0.410 e. The van der Waals surface area contributed by atoms with Crippen LogP contribution in [0.1, 0.15) is 10.4 Å². The van der Waals surface area contributed by atoms with Crippen LogP contribution in [0.5, 0.6) is 5.75 Å². The van der Waals surface area contributed by atoms with Crippen LogP contribution < -0.4 is 10.1 Å². The molecule has 130 valence electrons. The largest absolute Gasteiger partial charge is 0.415 e. The third-order valence-electron chi connectivity index (χ3n) is 3.58. The topological polar surface area (TPSA) is 80.8 Å². The average molecular weight is 362 g/mol. The van der Waals surface area contributed by atoms with Crippen LogP contribution in [-0.4, -0.2) is 48.2 Å². The molecule has 1 aromatic carbocycles. The van der Waals surface area contributed by atoms with Gasteiger partial charge in [-0.1, -0.05) is 11.6 Å². The molecule has 1 fully saturated rings. The second-order valence-corrected chi connectivity index (χ2v) is 5.70. The molecule has 0 spiro atoms. The number of morpholine rings is 1. The van der Waals surface area contributed by atoms with Crippen LogP contribution in [0.3, 0.4) is 0 Å². The van der Waals surface area contributed by atoms with Crippen LogP contribution >= 0.6 is 11.6 Å². The second-order valence-electron chi connectivity index (χ2n) is 5.32. The van der Waals surface area contributed by atoms with Gasteiger partial charge in [-0.3, -0.25) is 4.79 Å². The molecule has 0 aliphatic carbocycles. The Balaban J connectivity index is 1.57. The number of nitrogens with one attached hydrogen (secondary N) is 1. The maximum absolute atomic E-state index is 12.1. The van der Waals surface area contributed by atoms with Crippen molar-refractivity contribution in [2.24, 2.45) is 0 Å². The fourth-order valence-corrected chi connectivity index (χ4v) is 2.34. The number of ether oxygens (including phenoxy) is 2. The first-order chi connectivity index (χ1) is 12.1. The molecule has 1 aliphatic heterocycles. The van der Waals surface area contributed by atoms with Crippen LogP contribution in [0.15, 0.2) is 42.6 Å². The molecule has 1 aromatic heterocycles. The van der Waals surface area contributed by atoms with E-state index in [-0.39, 0.29) is 5.91 Å². The van der Waals surface area contributed by atoms with Crippen molar-refractivity contribution in [1.29, 1.82) is 0 Å². The normalized spacial score (nSPS) is 14.0. The lowest BCUT2D eigenvalue weighted by Crippen LogP contribution is -2.42. The van der Waals surface area contributed by atoms with Gasteiger partial charge in [0.2, 0.25) is 0 Å². The van der Waals surface area contributed by atoms with Gasteiger partial charge in [0, 0.05) is 25.0 Å². The van der Waals surface area contributed by atoms with Crippen LogP contribution in [0.25, 0.3) is 0 Å². The summed E-state index contributed by atoms with van der Waals surface area (Å²) in [6.45, 7) is 2.06. The molecule has 7 nitrogen and oxygen atoms in total. The van der Waals surface area contributed by atoms with E-state index >= 15 is 0 Å². The number of carbonyl (C=O) groups is 2. The van der Waals surface area contributed by atoms with Gasteiger partial charge in [-0.05, 0) is 36.4 Å². The van der Waals surface area contributed by atoms with Crippen molar-refractivity contribution in [3.8, 4) is 5.75 Å². The third-order valence-corrected chi connectivity index (χ3v) is 3.80. The number of aromatic nitrogens is 1. The van der Waals surface area contributed by atoms with E-state index in [4.69, 9.17) is 21.1 Å². The molecule has 2 heterocycles. The highest BCUT2D eigenvalue weighted by molar-refractivity contribution is 6.29. The van der Waals surface area contributed by atoms with Gasteiger partial charge in [-0.15, -0.1) is 0 Å². The van der Waals surface area contributed by atoms with Crippen molar-refractivity contribution >= 4 is 29.3 Å². The number of nitrogens with zero attached hydrogens (tertiary/aromatic N) is 2. The lowest BCUT2D eigenvalue weighted by atomic mass is 10.2. The summed E-state index contributed by atoms with van der Waals surface area (Å²) in [6, 6.07) is 9.68. The number of rotatable bonds is 3. The molecule has 2 amide bonds. The van der Waals surface area contributed by atoms with E-state index < -0.39 is 6.09 Å². The second kappa shape index (κ2) is 7.96. The Morgan fingerprint density at radius 1 is 1.12 bits per heavy atom. The van der Waals surface area contributed by atoms with Crippen molar-refractivity contribution in [2.45, 2.75) is 0 Å². The monoisotopic (exact) mass is 361 g/mol. The Bertz CT molecular complexity index is 743. The van der Waals surface area contributed by atoms with Gasteiger partial charge in [-0.25, -0.2) is 9.78 Å². The van der Waals surface area contributed by atoms with Gasteiger partial charge in [0.1, 0.15) is 10.9 Å². The molecule has 8 heteroatoms. The lowest BCUT2D eigenvalue weighted by molar-refractivity contribution is 0.0416. The Labute approximate surface area is 149 Å². The van der Waals surface area contributed by atoms with Gasteiger partial charge in [0.25, 0.3) is 5.91 Å². The third kappa shape index (κ3) is 4.68. The van der Waals surface area contributed by atoms with Crippen molar-refractivity contribution in [2.75, 3.05) is 31.6 Å². The quantitative estimate of drug-likeness (QED) is 0.850. The van der Waals surface area contributed by atoms with E-state index in [1.165, 1.54) is 6.20 Å². The Morgan fingerprint density at radius 2 is 1.84 bits per heavy atom. The maximum atomic E-state index is 12.1. The molecule has 1 N–H and O–H groups in total. The summed E-state index contributed by atoms with van der Waals surface area (Å²) in [5.74, 6) is 0.102. The van der Waals surface area contributed by atoms with Gasteiger partial charge in [0.15, 0.2) is 0 Å². The van der Waals surface area contributed by atoms with Crippen LogP contribution in [0, 0.1) is 0 Å². The predicted molar refractivity (Wildman–Crippen MR) is 92.1 cm³/mol. The molecular weight excluding hydrogens is 346 g/mol. The molecule has 25 heavy (non-hydrogen) atoms. The van der Waals surface area contributed by atoms with Crippen LogP contribution in [0.2, 0.25) is 5.15 Å². The lowest BCUT2D eigenvalue weighted by Gasteiger charge is -2.25. The summed E-state index contributed by atoms with van der Waals surface area (Å²) in [5, 5.41) is 3.05. The standard InChI is InChI=1S/C17H16ClN3O4/c18-15-6-1-12(11-19-15)16(22)20-13-2-4-14(5-3-13)25-17(23)21-7-9-24-10-8-21/h1-6,11H,7-10H2,(H,20,22). The Hall–Kier alpha value is -2.64. The summed E-state index contributed by atoms with van der Waals surface area (Å²) >= 11 is 5.70. The highest BCUT2D eigenvalue weighted by atomic mass is 35.5. The zero-order valence-electron chi connectivity index (χ0n) is 13.3. The summed E-state index contributed by atoms with van der Waals surface area (Å²) < 4.78 is 10.5. The SMILES string of the molecule is O=C(Nc1ccc(OC(=O)N2CCOCC2)cc1)c1ccc(Cl)nc1. The number of hydrogen-bond donors (Lipinski definition) is 1. The molecule has 0 unspecified atom stereocenters. The zero-order chi connectivity index (χ0) is 17.6. The molecule has 3 rings (SSSR count). The van der Waals surface area contributed by atoms with Crippen molar-refractivity contribution in [3.05, 3.63) is 53.3 Å². The first-order valence-corrected chi connectivity index (χ1v) is 8.07. The Kier molecular flexibility index (Phi) is 5.47. The van der Waals surface area contributed by atoms with E-state index in [0.29, 0.717) is 48.5 Å². The van der Waals surface area contributed by atoms with Crippen molar-refractivity contribution in [3.63, 3.8) is 0 Å². The van der Waals surface area contributed by atoms with Gasteiger partial charge < -0.3 is 19.7 Å². The van der Waals surface area contributed by atoms with E-state index in [1.54, 1.807) is 41.3 Å². The molecule has 1 saturated heterocycles. The minimum Gasteiger partial charge on any atom is -0.410 e. The fourth-order valence-electron chi connectivity index (χ4n) is 2.23. The average Bonchev–Trinajstić information content (AvgIpc) is 2.64. The minimum absolute atomic E-state index is 0.303. The number of pyridine rings is 1. The van der Waals surface area contributed by atoms with E-state index in [2.05, 4.69) is 10.3 Å².